The summed E-state index contributed by atoms with van der Waals surface area (Å²) >= 11 is 0. The fourth-order valence-electron chi connectivity index (χ4n) is 1.46. The summed E-state index contributed by atoms with van der Waals surface area (Å²) in [5, 5.41) is 9.45. The molecule has 2 unspecified atom stereocenters. The van der Waals surface area contributed by atoms with Gasteiger partial charge >= 0.3 is 0 Å². The lowest BCUT2D eigenvalue weighted by atomic mass is 9.93. The van der Waals surface area contributed by atoms with Crippen molar-refractivity contribution < 1.29 is 5.11 Å². The summed E-state index contributed by atoms with van der Waals surface area (Å²) in [6.45, 7) is 8.26. The maximum absolute atomic E-state index is 9.45. The smallest absolute Gasteiger partial charge is 0.0577 e. The number of benzene rings is 1. The van der Waals surface area contributed by atoms with Crippen LogP contribution in [-0.2, 0) is 0 Å². The van der Waals surface area contributed by atoms with E-state index in [9.17, 15) is 5.11 Å². The first kappa shape index (κ1) is 11.3. The molecule has 0 aromatic heterocycles. The molecule has 0 spiro atoms. The Bertz CT molecular complexity index is 272. The van der Waals surface area contributed by atoms with E-state index in [1.165, 1.54) is 11.1 Å². The van der Waals surface area contributed by atoms with Crippen molar-refractivity contribution in [2.45, 2.75) is 45.6 Å². The van der Waals surface area contributed by atoms with Gasteiger partial charge in [-0.15, -0.1) is 0 Å². The zero-order chi connectivity index (χ0) is 10.7. The van der Waals surface area contributed by atoms with Gasteiger partial charge in [-0.1, -0.05) is 45.0 Å². The molecule has 2 atom stereocenters. The van der Waals surface area contributed by atoms with E-state index in [4.69, 9.17) is 0 Å². The van der Waals surface area contributed by atoms with E-state index in [-0.39, 0.29) is 12.0 Å². The van der Waals surface area contributed by atoms with Crippen LogP contribution in [0.1, 0.15) is 50.7 Å². The van der Waals surface area contributed by atoms with E-state index in [1.54, 1.807) is 0 Å². The SMILES string of the molecule is CC(C)c1ccc(C(C)C(C)O)cc1. The molecule has 1 rings (SSSR count). The second kappa shape index (κ2) is 4.61. The van der Waals surface area contributed by atoms with E-state index in [2.05, 4.69) is 45.0 Å². The lowest BCUT2D eigenvalue weighted by Gasteiger charge is -2.15. The number of rotatable bonds is 3. The molecule has 1 heteroatoms. The molecule has 78 valence electrons. The van der Waals surface area contributed by atoms with Crippen LogP contribution in [0.3, 0.4) is 0 Å². The Morgan fingerprint density at radius 2 is 1.29 bits per heavy atom. The largest absolute Gasteiger partial charge is 0.393 e. The summed E-state index contributed by atoms with van der Waals surface area (Å²) in [4.78, 5) is 0. The molecule has 0 amide bonds. The van der Waals surface area contributed by atoms with Crippen LogP contribution in [0.25, 0.3) is 0 Å². The minimum Gasteiger partial charge on any atom is -0.393 e. The van der Waals surface area contributed by atoms with Crippen LogP contribution in [0.4, 0.5) is 0 Å². The molecule has 0 bridgehead atoms. The number of hydrogen-bond donors (Lipinski definition) is 1. The van der Waals surface area contributed by atoms with Crippen LogP contribution in [0.15, 0.2) is 24.3 Å². The molecule has 0 aliphatic heterocycles. The Balaban J connectivity index is 2.83. The minimum atomic E-state index is -0.278. The summed E-state index contributed by atoms with van der Waals surface area (Å²) in [7, 11) is 0. The molecule has 14 heavy (non-hydrogen) atoms. The highest BCUT2D eigenvalue weighted by Crippen LogP contribution is 2.21. The first-order chi connectivity index (χ1) is 6.52. The zero-order valence-corrected chi connectivity index (χ0v) is 9.49. The minimum absolute atomic E-state index is 0.219. The summed E-state index contributed by atoms with van der Waals surface area (Å²) in [6.07, 6.45) is -0.278. The van der Waals surface area contributed by atoms with Gasteiger partial charge in [0.2, 0.25) is 0 Å². The number of aliphatic hydroxyl groups is 1. The molecule has 0 saturated carbocycles. The number of aliphatic hydroxyl groups excluding tert-OH is 1. The molecule has 0 heterocycles. The van der Waals surface area contributed by atoms with Gasteiger partial charge in [0.05, 0.1) is 6.10 Å². The van der Waals surface area contributed by atoms with Crippen molar-refractivity contribution in [3.05, 3.63) is 35.4 Å². The average molecular weight is 192 g/mol. The average Bonchev–Trinajstić information content (AvgIpc) is 2.16. The second-order valence-electron chi connectivity index (χ2n) is 4.35. The van der Waals surface area contributed by atoms with E-state index in [0.29, 0.717) is 5.92 Å². The second-order valence-corrected chi connectivity index (χ2v) is 4.35. The van der Waals surface area contributed by atoms with Gasteiger partial charge in [-0.2, -0.15) is 0 Å². The Labute approximate surface area is 86.8 Å². The van der Waals surface area contributed by atoms with Crippen molar-refractivity contribution >= 4 is 0 Å². The van der Waals surface area contributed by atoms with Crippen molar-refractivity contribution in [2.75, 3.05) is 0 Å². The zero-order valence-electron chi connectivity index (χ0n) is 9.49. The fourth-order valence-corrected chi connectivity index (χ4v) is 1.46. The maximum atomic E-state index is 9.45. The van der Waals surface area contributed by atoms with Gasteiger partial charge in [-0.3, -0.25) is 0 Å². The van der Waals surface area contributed by atoms with E-state index >= 15 is 0 Å². The molecule has 0 aliphatic carbocycles. The molecule has 1 aromatic rings. The topological polar surface area (TPSA) is 20.2 Å². The van der Waals surface area contributed by atoms with Crippen molar-refractivity contribution in [1.29, 1.82) is 0 Å². The van der Waals surface area contributed by atoms with Crippen LogP contribution in [0.5, 0.6) is 0 Å². The predicted octanol–water partition coefficient (Wildman–Crippen LogP) is 3.29. The van der Waals surface area contributed by atoms with Crippen molar-refractivity contribution in [3.8, 4) is 0 Å². The quantitative estimate of drug-likeness (QED) is 0.779. The number of hydrogen-bond acceptors (Lipinski definition) is 1. The molecule has 0 saturated heterocycles. The van der Waals surface area contributed by atoms with Gasteiger partial charge in [0, 0.05) is 5.92 Å². The highest BCUT2D eigenvalue weighted by atomic mass is 16.3. The third kappa shape index (κ3) is 2.58. The maximum Gasteiger partial charge on any atom is 0.0577 e. The molecule has 0 aliphatic rings. The monoisotopic (exact) mass is 192 g/mol. The van der Waals surface area contributed by atoms with Gasteiger partial charge < -0.3 is 5.11 Å². The van der Waals surface area contributed by atoms with Gasteiger partial charge in [-0.05, 0) is 24.0 Å². The van der Waals surface area contributed by atoms with Crippen molar-refractivity contribution in [1.82, 2.24) is 0 Å². The first-order valence-electron chi connectivity index (χ1n) is 5.30. The van der Waals surface area contributed by atoms with Gasteiger partial charge in [-0.25, -0.2) is 0 Å². The summed E-state index contributed by atoms with van der Waals surface area (Å²) < 4.78 is 0. The summed E-state index contributed by atoms with van der Waals surface area (Å²) in [6, 6.07) is 8.54. The standard InChI is InChI=1S/C13H20O/c1-9(2)12-5-7-13(8-6-12)10(3)11(4)14/h5-11,14H,1-4H3. The van der Waals surface area contributed by atoms with Crippen LogP contribution >= 0.6 is 0 Å². The molecular weight excluding hydrogens is 172 g/mol. The fraction of sp³-hybridized carbons (Fsp3) is 0.538. The van der Waals surface area contributed by atoms with E-state index in [0.717, 1.165) is 0 Å². The Morgan fingerprint density at radius 3 is 1.64 bits per heavy atom. The normalized spacial score (nSPS) is 15.6. The molecule has 1 N–H and O–H groups in total. The molecule has 0 radical (unpaired) electrons. The Kier molecular flexibility index (Phi) is 3.70. The Morgan fingerprint density at radius 1 is 0.857 bits per heavy atom. The first-order valence-corrected chi connectivity index (χ1v) is 5.30. The van der Waals surface area contributed by atoms with Crippen molar-refractivity contribution in [3.63, 3.8) is 0 Å². The van der Waals surface area contributed by atoms with Crippen LogP contribution in [0, 0.1) is 0 Å². The molecular formula is C13H20O. The van der Waals surface area contributed by atoms with Crippen LogP contribution in [0.2, 0.25) is 0 Å². The highest BCUT2D eigenvalue weighted by Gasteiger charge is 2.11. The Hall–Kier alpha value is -0.820. The van der Waals surface area contributed by atoms with E-state index < -0.39 is 0 Å². The lowest BCUT2D eigenvalue weighted by molar-refractivity contribution is 0.169. The molecule has 0 fully saturated rings. The predicted molar refractivity (Wildman–Crippen MR) is 60.6 cm³/mol. The van der Waals surface area contributed by atoms with Gasteiger partial charge in [0.1, 0.15) is 0 Å². The third-order valence-corrected chi connectivity index (χ3v) is 2.85. The third-order valence-electron chi connectivity index (χ3n) is 2.85. The van der Waals surface area contributed by atoms with Gasteiger partial charge in [0.15, 0.2) is 0 Å². The van der Waals surface area contributed by atoms with Crippen LogP contribution < -0.4 is 0 Å². The van der Waals surface area contributed by atoms with Gasteiger partial charge in [0.25, 0.3) is 0 Å². The van der Waals surface area contributed by atoms with E-state index in [1.807, 2.05) is 6.92 Å². The van der Waals surface area contributed by atoms with Crippen LogP contribution in [-0.4, -0.2) is 11.2 Å². The molecule has 1 aromatic carbocycles. The van der Waals surface area contributed by atoms with Crippen molar-refractivity contribution in [2.24, 2.45) is 0 Å². The summed E-state index contributed by atoms with van der Waals surface area (Å²) in [5.41, 5.74) is 2.57. The summed E-state index contributed by atoms with van der Waals surface area (Å²) in [5.74, 6) is 0.794. The molecule has 1 nitrogen and oxygen atoms in total. The highest BCUT2D eigenvalue weighted by molar-refractivity contribution is 5.27. The lowest BCUT2D eigenvalue weighted by Crippen LogP contribution is -2.10.